The van der Waals surface area contributed by atoms with Crippen LogP contribution in [0.4, 0.5) is 9.59 Å². The van der Waals surface area contributed by atoms with Gasteiger partial charge in [0.15, 0.2) is 0 Å². The number of hydrogen-bond donors (Lipinski definition) is 4. The number of carbonyl (C=O) groups excluding carboxylic acids is 2. The van der Waals surface area contributed by atoms with Crippen molar-refractivity contribution >= 4 is 24.1 Å². The maximum absolute atomic E-state index is 14.1. The number of carboxylic acid groups (broad SMARTS) is 2. The number of rotatable bonds is 12. The molecule has 0 bridgehead atoms. The van der Waals surface area contributed by atoms with Crippen LogP contribution in [0.3, 0.4) is 0 Å². The molecule has 0 aliphatic rings. The second-order valence-corrected chi connectivity index (χ2v) is 10.4. The zero-order valence-electron chi connectivity index (χ0n) is 23.3. The monoisotopic (exact) mass is 580 g/mol. The molecule has 0 spiro atoms. The summed E-state index contributed by atoms with van der Waals surface area (Å²) in [5, 5.41) is 24.4. The summed E-state index contributed by atoms with van der Waals surface area (Å²) < 4.78 is 5.54. The van der Waals surface area contributed by atoms with Gasteiger partial charge < -0.3 is 25.6 Å². The van der Waals surface area contributed by atoms with Crippen molar-refractivity contribution in [3.63, 3.8) is 0 Å². The molecule has 0 heterocycles. The summed E-state index contributed by atoms with van der Waals surface area (Å²) in [6.45, 7) is 0. The van der Waals surface area contributed by atoms with Gasteiger partial charge in [-0.05, 0) is 22.3 Å². The van der Waals surface area contributed by atoms with Crippen LogP contribution in [0.25, 0.3) is 0 Å². The summed E-state index contributed by atoms with van der Waals surface area (Å²) in [6.07, 6.45) is -3.48. The lowest BCUT2D eigenvalue weighted by Gasteiger charge is -2.35. The molecular formula is C34H32N2O7. The van der Waals surface area contributed by atoms with E-state index in [0.29, 0.717) is 22.3 Å². The van der Waals surface area contributed by atoms with Crippen molar-refractivity contribution in [2.75, 3.05) is 0 Å². The van der Waals surface area contributed by atoms with E-state index < -0.39 is 35.2 Å². The third-order valence-electron chi connectivity index (χ3n) is 7.05. The Morgan fingerprint density at radius 3 is 0.907 bits per heavy atom. The average molecular weight is 581 g/mol. The normalized spacial score (nSPS) is 11.3. The molecule has 2 amide bonds. The van der Waals surface area contributed by atoms with Crippen molar-refractivity contribution < 1.29 is 34.1 Å². The molecule has 4 aromatic carbocycles. The van der Waals surface area contributed by atoms with E-state index in [9.17, 15) is 29.4 Å². The maximum Gasteiger partial charge on any atom is 0.405 e. The lowest BCUT2D eigenvalue weighted by atomic mass is 9.83. The fourth-order valence-corrected chi connectivity index (χ4v) is 5.16. The molecule has 220 valence electrons. The third-order valence-corrected chi connectivity index (χ3v) is 7.05. The van der Waals surface area contributed by atoms with E-state index in [-0.39, 0.29) is 25.7 Å². The number of amides is 2. The molecule has 0 atom stereocenters. The molecule has 9 nitrogen and oxygen atoms in total. The standard InChI is InChI=1S/C34H32N2O7/c37-29(33(35-31(39)40,21-25-13-5-1-6-14-25)22-26-15-7-2-8-16-26)43-30(38)34(36-32(41)42,23-27-17-9-3-10-18-27)24-28-19-11-4-12-20-28/h1-20,35-36H,21-24H2,(H,39,40)(H,41,42). The fraction of sp³-hybridized carbons (Fsp3) is 0.176. The summed E-state index contributed by atoms with van der Waals surface area (Å²) in [5.74, 6) is -2.30. The van der Waals surface area contributed by atoms with Crippen molar-refractivity contribution in [1.29, 1.82) is 0 Å². The molecule has 4 N–H and O–H groups in total. The van der Waals surface area contributed by atoms with Crippen LogP contribution in [0.5, 0.6) is 0 Å². The van der Waals surface area contributed by atoms with Crippen LogP contribution >= 0.6 is 0 Å². The highest BCUT2D eigenvalue weighted by Crippen LogP contribution is 2.26. The third kappa shape index (κ3) is 8.29. The Hall–Kier alpha value is -5.44. The molecule has 0 unspecified atom stereocenters. The minimum absolute atomic E-state index is 0.127. The van der Waals surface area contributed by atoms with Gasteiger partial charge in [0.1, 0.15) is 11.1 Å². The summed E-state index contributed by atoms with van der Waals surface area (Å²) in [4.78, 5) is 52.5. The van der Waals surface area contributed by atoms with Crippen LogP contribution in [0.1, 0.15) is 22.3 Å². The van der Waals surface area contributed by atoms with Crippen LogP contribution in [-0.2, 0) is 40.0 Å². The summed E-state index contributed by atoms with van der Waals surface area (Å²) >= 11 is 0. The van der Waals surface area contributed by atoms with Gasteiger partial charge in [0.25, 0.3) is 0 Å². The van der Waals surface area contributed by atoms with Gasteiger partial charge in [-0.2, -0.15) is 0 Å². The molecule has 0 aromatic heterocycles. The van der Waals surface area contributed by atoms with Gasteiger partial charge in [-0.3, -0.25) is 0 Å². The second-order valence-electron chi connectivity index (χ2n) is 10.4. The van der Waals surface area contributed by atoms with Gasteiger partial charge in [0.2, 0.25) is 0 Å². The zero-order chi connectivity index (χ0) is 30.7. The summed E-state index contributed by atoms with van der Waals surface area (Å²) in [6, 6.07) is 35.0. The van der Waals surface area contributed by atoms with E-state index >= 15 is 0 Å². The van der Waals surface area contributed by atoms with E-state index in [1.54, 1.807) is 121 Å². The Balaban J connectivity index is 1.78. The van der Waals surface area contributed by atoms with Crippen molar-refractivity contribution in [3.8, 4) is 0 Å². The molecule has 0 radical (unpaired) electrons. The lowest BCUT2D eigenvalue weighted by molar-refractivity contribution is -0.169. The predicted molar refractivity (Wildman–Crippen MR) is 159 cm³/mol. The number of nitrogens with one attached hydrogen (secondary N) is 2. The van der Waals surface area contributed by atoms with Gasteiger partial charge in [-0.15, -0.1) is 0 Å². The van der Waals surface area contributed by atoms with Crippen molar-refractivity contribution in [1.82, 2.24) is 10.6 Å². The van der Waals surface area contributed by atoms with Crippen molar-refractivity contribution in [2.45, 2.75) is 36.8 Å². The van der Waals surface area contributed by atoms with Crippen LogP contribution in [0.15, 0.2) is 121 Å². The molecule has 0 aliphatic heterocycles. The van der Waals surface area contributed by atoms with Crippen LogP contribution < -0.4 is 10.6 Å². The Bertz CT molecular complexity index is 1330. The SMILES string of the molecule is O=C(O)NC(Cc1ccccc1)(Cc1ccccc1)C(=O)OC(=O)C(Cc1ccccc1)(Cc1ccccc1)NC(=O)O. The highest BCUT2D eigenvalue weighted by atomic mass is 16.6. The van der Waals surface area contributed by atoms with Gasteiger partial charge >= 0.3 is 24.1 Å². The highest BCUT2D eigenvalue weighted by Gasteiger charge is 2.48. The summed E-state index contributed by atoms with van der Waals surface area (Å²) in [5.41, 5.74) is -1.34. The van der Waals surface area contributed by atoms with Gasteiger partial charge in [0.05, 0.1) is 0 Å². The molecule has 0 fully saturated rings. The molecule has 0 saturated heterocycles. The predicted octanol–water partition coefficient (Wildman–Crippen LogP) is 5.04. The second kappa shape index (κ2) is 14.0. The smallest absolute Gasteiger partial charge is 0.405 e. The maximum atomic E-state index is 14.1. The molecule has 4 aromatic rings. The average Bonchev–Trinajstić information content (AvgIpc) is 2.98. The quantitative estimate of drug-likeness (QED) is 0.136. The van der Waals surface area contributed by atoms with E-state index in [1.165, 1.54) is 0 Å². The van der Waals surface area contributed by atoms with Gasteiger partial charge in [-0.25, -0.2) is 19.2 Å². The largest absolute Gasteiger partial charge is 0.465 e. The molecule has 0 saturated carbocycles. The van der Waals surface area contributed by atoms with Crippen LogP contribution in [0, 0.1) is 0 Å². The number of carbonyl (C=O) groups is 4. The van der Waals surface area contributed by atoms with Crippen molar-refractivity contribution in [3.05, 3.63) is 144 Å². The Morgan fingerprint density at radius 1 is 0.465 bits per heavy atom. The van der Waals surface area contributed by atoms with E-state index in [0.717, 1.165) is 0 Å². The first-order valence-corrected chi connectivity index (χ1v) is 13.6. The zero-order valence-corrected chi connectivity index (χ0v) is 23.3. The minimum Gasteiger partial charge on any atom is -0.465 e. The van der Waals surface area contributed by atoms with Gasteiger partial charge in [0, 0.05) is 25.7 Å². The fourth-order valence-electron chi connectivity index (χ4n) is 5.16. The molecule has 43 heavy (non-hydrogen) atoms. The number of benzene rings is 4. The summed E-state index contributed by atoms with van der Waals surface area (Å²) in [7, 11) is 0. The number of hydrogen-bond acceptors (Lipinski definition) is 5. The Labute approximate surface area is 249 Å². The lowest BCUT2D eigenvalue weighted by Crippen LogP contribution is -2.62. The molecule has 4 rings (SSSR count). The molecule has 0 aliphatic carbocycles. The van der Waals surface area contributed by atoms with E-state index in [4.69, 9.17) is 4.74 Å². The highest BCUT2D eigenvalue weighted by molar-refractivity contribution is 5.98. The Morgan fingerprint density at radius 2 is 0.698 bits per heavy atom. The first-order valence-electron chi connectivity index (χ1n) is 13.6. The number of esters is 2. The number of ether oxygens (including phenoxy) is 1. The topological polar surface area (TPSA) is 142 Å². The first-order chi connectivity index (χ1) is 20.7. The van der Waals surface area contributed by atoms with Crippen molar-refractivity contribution in [2.24, 2.45) is 0 Å². The molecule has 9 heteroatoms. The van der Waals surface area contributed by atoms with Crippen LogP contribution in [0.2, 0.25) is 0 Å². The van der Waals surface area contributed by atoms with E-state index in [2.05, 4.69) is 10.6 Å². The molecular weight excluding hydrogens is 548 g/mol. The minimum atomic E-state index is -1.92. The Kier molecular flexibility index (Phi) is 9.90. The van der Waals surface area contributed by atoms with Gasteiger partial charge in [-0.1, -0.05) is 121 Å². The van der Waals surface area contributed by atoms with E-state index in [1.807, 2.05) is 0 Å². The van der Waals surface area contributed by atoms with Crippen LogP contribution in [-0.4, -0.2) is 45.4 Å². The first kappa shape index (κ1) is 30.5.